The van der Waals surface area contributed by atoms with Gasteiger partial charge in [-0.15, -0.1) is 0 Å². The van der Waals surface area contributed by atoms with Crippen LogP contribution in [0.3, 0.4) is 0 Å². The maximum Gasteiger partial charge on any atom is 0.272 e. The van der Waals surface area contributed by atoms with Crippen LogP contribution in [0.5, 0.6) is 0 Å². The van der Waals surface area contributed by atoms with Crippen molar-refractivity contribution in [3.05, 3.63) is 59.9 Å². The minimum absolute atomic E-state index is 0.132. The van der Waals surface area contributed by atoms with Crippen molar-refractivity contribution in [1.29, 1.82) is 0 Å². The predicted octanol–water partition coefficient (Wildman–Crippen LogP) is 3.52. The number of carbonyl (C=O) groups is 3. The Morgan fingerprint density at radius 1 is 1.05 bits per heavy atom. The average Bonchev–Trinajstić information content (AvgIpc) is 3.09. The van der Waals surface area contributed by atoms with E-state index in [0.29, 0.717) is 36.8 Å². The Morgan fingerprint density at radius 3 is 2.48 bits per heavy atom. The molecule has 0 saturated heterocycles. The van der Waals surface area contributed by atoms with Crippen molar-refractivity contribution in [2.75, 3.05) is 31.1 Å². The Morgan fingerprint density at radius 2 is 1.77 bits per heavy atom. The van der Waals surface area contributed by atoms with Gasteiger partial charge in [-0.05, 0) is 57.0 Å². The Balaban J connectivity index is 1.58. The van der Waals surface area contributed by atoms with E-state index in [-0.39, 0.29) is 11.8 Å². The van der Waals surface area contributed by atoms with Crippen LogP contribution in [0.25, 0.3) is 0 Å². The molecule has 1 saturated carbocycles. The summed E-state index contributed by atoms with van der Waals surface area (Å²) in [5.74, 6) is -0.530. The fourth-order valence-corrected chi connectivity index (χ4v) is 5.52. The summed E-state index contributed by atoms with van der Waals surface area (Å²) in [7, 11) is 0. The topological polar surface area (TPSA) is 107 Å². The Hall–Kier alpha value is -3.59. The summed E-state index contributed by atoms with van der Waals surface area (Å²) in [5.41, 5.74) is 2.66. The molecule has 2 aliphatic rings. The van der Waals surface area contributed by atoms with Crippen molar-refractivity contribution in [2.24, 2.45) is 10.9 Å². The molecule has 1 unspecified atom stereocenters. The lowest BCUT2D eigenvalue weighted by Crippen LogP contribution is -2.53. The predicted molar refractivity (Wildman–Crippen MR) is 157 cm³/mol. The number of benzene rings is 1. The minimum Gasteiger partial charge on any atom is -0.345 e. The summed E-state index contributed by atoms with van der Waals surface area (Å²) >= 11 is 0. The van der Waals surface area contributed by atoms with Gasteiger partial charge in [-0.2, -0.15) is 0 Å². The molecular formula is C31H42N6O3. The molecule has 1 aliphatic heterocycles. The number of nitrogens with zero attached hydrogens (tertiary/aromatic N) is 4. The van der Waals surface area contributed by atoms with Crippen molar-refractivity contribution >= 4 is 29.1 Å². The normalized spacial score (nSPS) is 18.5. The molecule has 2 N–H and O–H groups in total. The number of rotatable bonds is 11. The molecule has 0 bridgehead atoms. The van der Waals surface area contributed by atoms with Gasteiger partial charge in [-0.3, -0.25) is 19.4 Å². The fourth-order valence-electron chi connectivity index (χ4n) is 5.52. The average molecular weight is 547 g/mol. The van der Waals surface area contributed by atoms with Gasteiger partial charge in [0.05, 0.1) is 17.1 Å². The maximum atomic E-state index is 14.0. The first-order valence-corrected chi connectivity index (χ1v) is 14.6. The van der Waals surface area contributed by atoms with E-state index in [1.807, 2.05) is 42.5 Å². The van der Waals surface area contributed by atoms with Crippen molar-refractivity contribution in [3.8, 4) is 0 Å². The molecule has 3 amide bonds. The van der Waals surface area contributed by atoms with Gasteiger partial charge in [0.15, 0.2) is 0 Å². The molecule has 1 aromatic heterocycles. The summed E-state index contributed by atoms with van der Waals surface area (Å²) in [6.07, 6.45) is 6.59. The highest BCUT2D eigenvalue weighted by Gasteiger charge is 2.34. The van der Waals surface area contributed by atoms with Crippen molar-refractivity contribution in [2.45, 2.75) is 71.5 Å². The van der Waals surface area contributed by atoms with E-state index in [9.17, 15) is 14.4 Å². The lowest BCUT2D eigenvalue weighted by molar-refractivity contribution is -0.131. The van der Waals surface area contributed by atoms with Gasteiger partial charge >= 0.3 is 0 Å². The van der Waals surface area contributed by atoms with E-state index in [0.717, 1.165) is 50.0 Å². The summed E-state index contributed by atoms with van der Waals surface area (Å²) in [6.45, 7) is 8.70. The zero-order valence-electron chi connectivity index (χ0n) is 23.9. The van der Waals surface area contributed by atoms with Crippen LogP contribution < -0.4 is 15.5 Å². The molecule has 2 aromatic rings. The minimum atomic E-state index is -1.16. The molecule has 40 heavy (non-hydrogen) atoms. The van der Waals surface area contributed by atoms with Crippen LogP contribution in [0, 0.1) is 5.92 Å². The van der Waals surface area contributed by atoms with Gasteiger partial charge < -0.3 is 20.4 Å². The number of nitrogens with one attached hydrogen (secondary N) is 2. The number of fused-ring (bicyclic) bond motifs is 1. The highest BCUT2D eigenvalue weighted by atomic mass is 16.2. The maximum absolute atomic E-state index is 14.0. The van der Waals surface area contributed by atoms with Crippen LogP contribution in [0.15, 0.2) is 53.7 Å². The SMILES string of the molecule is CCN(CC)CCN1C(=O)C(NC(=O)[C@H](C)NC(=O)CC2CCCCC2)N=C(c2ccccn2)c2ccccc21. The molecule has 1 aliphatic carbocycles. The van der Waals surface area contributed by atoms with E-state index in [1.54, 1.807) is 18.0 Å². The number of anilines is 1. The second-order valence-electron chi connectivity index (χ2n) is 10.6. The first kappa shape index (κ1) is 29.4. The number of benzodiazepines with no additional fused rings is 1. The number of aliphatic imine (C=N–C) groups is 1. The highest BCUT2D eigenvalue weighted by molar-refractivity contribution is 6.19. The molecule has 9 heteroatoms. The number of pyridine rings is 1. The van der Waals surface area contributed by atoms with E-state index in [2.05, 4.69) is 34.4 Å². The largest absolute Gasteiger partial charge is 0.345 e. The van der Waals surface area contributed by atoms with Gasteiger partial charge in [0, 0.05) is 31.3 Å². The zero-order chi connectivity index (χ0) is 28.5. The molecule has 4 rings (SSSR count). The summed E-state index contributed by atoms with van der Waals surface area (Å²) in [5, 5.41) is 5.65. The fraction of sp³-hybridized carbons (Fsp3) is 0.516. The molecule has 9 nitrogen and oxygen atoms in total. The molecule has 0 spiro atoms. The molecule has 214 valence electrons. The van der Waals surface area contributed by atoms with Crippen LogP contribution >= 0.6 is 0 Å². The van der Waals surface area contributed by atoms with E-state index in [1.165, 1.54) is 6.42 Å². The van der Waals surface area contributed by atoms with Gasteiger partial charge in [-0.25, -0.2) is 4.99 Å². The number of aromatic nitrogens is 1. The lowest BCUT2D eigenvalue weighted by atomic mass is 9.87. The summed E-state index contributed by atoms with van der Waals surface area (Å²) in [6, 6.07) is 12.4. The molecule has 2 heterocycles. The third-order valence-electron chi connectivity index (χ3n) is 7.90. The van der Waals surface area contributed by atoms with Gasteiger partial charge in [0.1, 0.15) is 6.04 Å². The number of likely N-dealkylation sites (N-methyl/N-ethyl adjacent to an activating group) is 1. The first-order valence-electron chi connectivity index (χ1n) is 14.6. The number of para-hydroxylation sites is 1. The van der Waals surface area contributed by atoms with Gasteiger partial charge in [0.25, 0.3) is 5.91 Å². The van der Waals surface area contributed by atoms with Crippen molar-refractivity contribution < 1.29 is 14.4 Å². The molecular weight excluding hydrogens is 504 g/mol. The van der Waals surface area contributed by atoms with Crippen LogP contribution in [0.1, 0.15) is 70.6 Å². The van der Waals surface area contributed by atoms with E-state index >= 15 is 0 Å². The van der Waals surface area contributed by atoms with E-state index in [4.69, 9.17) is 4.99 Å². The number of hydrogen-bond acceptors (Lipinski definition) is 6. The van der Waals surface area contributed by atoms with Crippen LogP contribution in [-0.2, 0) is 14.4 Å². The second-order valence-corrected chi connectivity index (χ2v) is 10.6. The Bertz CT molecular complexity index is 1190. The van der Waals surface area contributed by atoms with Crippen LogP contribution in [0.2, 0.25) is 0 Å². The Kier molecular flexibility index (Phi) is 10.4. The molecule has 1 aromatic carbocycles. The van der Waals surface area contributed by atoms with Gasteiger partial charge in [-0.1, -0.05) is 57.4 Å². The first-order chi connectivity index (χ1) is 19.4. The van der Waals surface area contributed by atoms with Crippen LogP contribution in [-0.4, -0.2) is 71.7 Å². The summed E-state index contributed by atoms with van der Waals surface area (Å²) < 4.78 is 0. The monoisotopic (exact) mass is 546 g/mol. The summed E-state index contributed by atoms with van der Waals surface area (Å²) in [4.78, 5) is 53.2. The van der Waals surface area contributed by atoms with E-state index < -0.39 is 18.1 Å². The van der Waals surface area contributed by atoms with Crippen molar-refractivity contribution in [3.63, 3.8) is 0 Å². The van der Waals surface area contributed by atoms with Gasteiger partial charge in [0.2, 0.25) is 18.0 Å². The standard InChI is InChI=1S/C31H42N6O3/c1-4-36(5-2)19-20-37-26-17-10-9-15-24(26)28(25-16-11-12-18-32-25)34-29(31(37)40)35-30(39)22(3)33-27(38)21-23-13-7-6-8-14-23/h9-12,15-18,22-23,29H,4-8,13-14,19-21H2,1-3H3,(H,33,38)(H,35,39)/t22-,29?/m0/s1. The zero-order valence-corrected chi connectivity index (χ0v) is 23.9. The molecule has 2 atom stereocenters. The second kappa shape index (κ2) is 14.2. The molecule has 0 radical (unpaired) electrons. The third-order valence-corrected chi connectivity index (χ3v) is 7.90. The molecule has 1 fully saturated rings. The Labute approximate surface area is 237 Å². The third kappa shape index (κ3) is 7.33. The number of hydrogen-bond donors (Lipinski definition) is 2. The van der Waals surface area contributed by atoms with Crippen molar-refractivity contribution in [1.82, 2.24) is 20.5 Å². The number of carbonyl (C=O) groups excluding carboxylic acids is 3. The quantitative estimate of drug-likeness (QED) is 0.449. The highest BCUT2D eigenvalue weighted by Crippen LogP contribution is 2.28. The lowest BCUT2D eigenvalue weighted by Gasteiger charge is -2.28. The number of amides is 3. The van der Waals surface area contributed by atoms with Crippen LogP contribution in [0.4, 0.5) is 5.69 Å². The smallest absolute Gasteiger partial charge is 0.272 e.